The van der Waals surface area contributed by atoms with Gasteiger partial charge in [0.2, 0.25) is 0 Å². The summed E-state index contributed by atoms with van der Waals surface area (Å²) in [6.07, 6.45) is 1.49. The van der Waals surface area contributed by atoms with Gasteiger partial charge in [0, 0.05) is 11.6 Å². The number of carboxylic acid groups (broad SMARTS) is 1. The molecule has 5 nitrogen and oxygen atoms in total. The second kappa shape index (κ2) is 9.30. The van der Waals surface area contributed by atoms with Gasteiger partial charge in [0.25, 0.3) is 0 Å². The Bertz CT molecular complexity index is 826. The minimum atomic E-state index is -0.791. The first-order valence-corrected chi connectivity index (χ1v) is 10.1. The van der Waals surface area contributed by atoms with Crippen LogP contribution in [0.5, 0.6) is 11.5 Å². The highest BCUT2D eigenvalue weighted by Crippen LogP contribution is 2.39. The molecule has 150 valence electrons. The van der Waals surface area contributed by atoms with Crippen molar-refractivity contribution in [2.24, 2.45) is 0 Å². The molecular formula is C22H26ClNO4. The molecule has 2 aromatic carbocycles. The topological polar surface area (TPSA) is 59.0 Å². The van der Waals surface area contributed by atoms with E-state index >= 15 is 0 Å². The van der Waals surface area contributed by atoms with Crippen molar-refractivity contribution in [3.63, 3.8) is 0 Å². The molecule has 1 fully saturated rings. The van der Waals surface area contributed by atoms with Gasteiger partial charge in [0.05, 0.1) is 19.3 Å². The quantitative estimate of drug-likeness (QED) is 0.687. The zero-order valence-electron chi connectivity index (χ0n) is 16.2. The first-order valence-electron chi connectivity index (χ1n) is 9.68. The van der Waals surface area contributed by atoms with Gasteiger partial charge >= 0.3 is 5.97 Å². The second-order valence-corrected chi connectivity index (χ2v) is 7.20. The summed E-state index contributed by atoms with van der Waals surface area (Å²) in [5.74, 6) is 0.564. The molecule has 0 aromatic heterocycles. The zero-order chi connectivity index (χ0) is 20.1. The van der Waals surface area contributed by atoms with Gasteiger partial charge in [-0.1, -0.05) is 29.8 Å². The predicted molar refractivity (Wildman–Crippen MR) is 109 cm³/mol. The standard InChI is InChI=1S/C22H26ClNO4/c1-3-27-19-11-10-16(14-20(19)28-4-2)21(15-7-5-8-17(23)13-15)24-12-6-9-18(24)22(25)26/h5,7-8,10-11,13-14,18,21H,3-4,6,9,12H2,1-2H3,(H,25,26). The summed E-state index contributed by atoms with van der Waals surface area (Å²) in [7, 11) is 0. The van der Waals surface area contributed by atoms with E-state index in [4.69, 9.17) is 21.1 Å². The van der Waals surface area contributed by atoms with Gasteiger partial charge in [-0.2, -0.15) is 0 Å². The van der Waals surface area contributed by atoms with Crippen molar-refractivity contribution in [2.75, 3.05) is 19.8 Å². The van der Waals surface area contributed by atoms with E-state index in [0.29, 0.717) is 42.7 Å². The normalized spacial score (nSPS) is 18.0. The smallest absolute Gasteiger partial charge is 0.320 e. The highest BCUT2D eigenvalue weighted by Gasteiger charge is 2.37. The maximum Gasteiger partial charge on any atom is 0.320 e. The van der Waals surface area contributed by atoms with E-state index < -0.39 is 12.0 Å². The molecule has 2 atom stereocenters. The van der Waals surface area contributed by atoms with E-state index in [9.17, 15) is 9.90 Å². The number of ether oxygens (including phenoxy) is 2. The number of likely N-dealkylation sites (tertiary alicyclic amines) is 1. The lowest BCUT2D eigenvalue weighted by Gasteiger charge is -2.32. The molecule has 1 heterocycles. The van der Waals surface area contributed by atoms with Gasteiger partial charge in [0.1, 0.15) is 6.04 Å². The maximum absolute atomic E-state index is 11.8. The summed E-state index contributed by atoms with van der Waals surface area (Å²) in [6.45, 7) is 5.64. The summed E-state index contributed by atoms with van der Waals surface area (Å²) in [5, 5.41) is 10.4. The van der Waals surface area contributed by atoms with E-state index in [2.05, 4.69) is 0 Å². The van der Waals surface area contributed by atoms with Crippen molar-refractivity contribution in [3.05, 3.63) is 58.6 Å². The Morgan fingerprint density at radius 2 is 1.86 bits per heavy atom. The minimum Gasteiger partial charge on any atom is -0.490 e. The van der Waals surface area contributed by atoms with Crippen LogP contribution in [0.3, 0.4) is 0 Å². The lowest BCUT2D eigenvalue weighted by atomic mass is 9.95. The molecule has 0 amide bonds. The fourth-order valence-corrected chi connectivity index (χ4v) is 4.05. The van der Waals surface area contributed by atoms with E-state index in [1.54, 1.807) is 0 Å². The fraction of sp³-hybridized carbons (Fsp3) is 0.409. The largest absolute Gasteiger partial charge is 0.490 e. The Kier molecular flexibility index (Phi) is 6.81. The van der Waals surface area contributed by atoms with Crippen molar-refractivity contribution in [1.29, 1.82) is 0 Å². The number of hydrogen-bond acceptors (Lipinski definition) is 4. The first-order chi connectivity index (χ1) is 13.5. The Morgan fingerprint density at radius 3 is 2.54 bits per heavy atom. The summed E-state index contributed by atoms with van der Waals surface area (Å²) in [4.78, 5) is 13.9. The molecule has 2 aromatic rings. The van der Waals surface area contributed by atoms with Crippen molar-refractivity contribution >= 4 is 17.6 Å². The molecule has 0 saturated carbocycles. The van der Waals surface area contributed by atoms with Crippen molar-refractivity contribution < 1.29 is 19.4 Å². The number of hydrogen-bond donors (Lipinski definition) is 1. The Labute approximate surface area is 170 Å². The van der Waals surface area contributed by atoms with E-state index in [1.807, 2.05) is 61.2 Å². The van der Waals surface area contributed by atoms with Gasteiger partial charge in [-0.15, -0.1) is 0 Å². The van der Waals surface area contributed by atoms with Crippen molar-refractivity contribution in [1.82, 2.24) is 4.90 Å². The number of nitrogens with zero attached hydrogens (tertiary/aromatic N) is 1. The van der Waals surface area contributed by atoms with E-state index in [1.165, 1.54) is 0 Å². The molecule has 6 heteroatoms. The van der Waals surface area contributed by atoms with Crippen LogP contribution in [0.4, 0.5) is 0 Å². The highest BCUT2D eigenvalue weighted by atomic mass is 35.5. The van der Waals surface area contributed by atoms with Gasteiger partial charge in [-0.25, -0.2) is 0 Å². The van der Waals surface area contributed by atoms with Gasteiger partial charge in [-0.05, 0) is 62.1 Å². The molecule has 0 radical (unpaired) electrons. The van der Waals surface area contributed by atoms with Crippen LogP contribution in [0.25, 0.3) is 0 Å². The SMILES string of the molecule is CCOc1ccc(C(c2cccc(Cl)c2)N2CCCC2C(=O)O)cc1OCC. The summed E-state index contributed by atoms with van der Waals surface area (Å²) < 4.78 is 11.5. The lowest BCUT2D eigenvalue weighted by molar-refractivity contribution is -0.142. The number of carbonyl (C=O) groups is 1. The predicted octanol–water partition coefficient (Wildman–Crippen LogP) is 4.78. The highest BCUT2D eigenvalue weighted by molar-refractivity contribution is 6.30. The van der Waals surface area contributed by atoms with E-state index in [0.717, 1.165) is 17.5 Å². The molecule has 1 N–H and O–H groups in total. The average molecular weight is 404 g/mol. The number of aliphatic carboxylic acids is 1. The van der Waals surface area contributed by atoms with Crippen molar-refractivity contribution in [2.45, 2.75) is 38.8 Å². The number of rotatable bonds is 8. The average Bonchev–Trinajstić information content (AvgIpc) is 3.14. The molecule has 28 heavy (non-hydrogen) atoms. The monoisotopic (exact) mass is 403 g/mol. The Hall–Kier alpha value is -2.24. The molecule has 2 unspecified atom stereocenters. The number of carboxylic acids is 1. The van der Waals surface area contributed by atoms with Crippen LogP contribution >= 0.6 is 11.6 Å². The molecule has 1 aliphatic rings. The van der Waals surface area contributed by atoms with Crippen LogP contribution in [-0.2, 0) is 4.79 Å². The molecule has 1 saturated heterocycles. The Morgan fingerprint density at radius 1 is 1.14 bits per heavy atom. The summed E-state index contributed by atoms with van der Waals surface area (Å²) in [5.41, 5.74) is 1.93. The lowest BCUT2D eigenvalue weighted by Crippen LogP contribution is -2.39. The van der Waals surface area contributed by atoms with Crippen LogP contribution in [0, 0.1) is 0 Å². The third kappa shape index (κ3) is 4.42. The molecular weight excluding hydrogens is 378 g/mol. The number of benzene rings is 2. The van der Waals surface area contributed by atoms with Gasteiger partial charge in [0.15, 0.2) is 11.5 Å². The third-order valence-electron chi connectivity index (χ3n) is 4.96. The fourth-order valence-electron chi connectivity index (χ4n) is 3.85. The molecule has 0 aliphatic carbocycles. The summed E-state index contributed by atoms with van der Waals surface area (Å²) in [6, 6.07) is 12.7. The maximum atomic E-state index is 11.8. The molecule has 3 rings (SSSR count). The molecule has 1 aliphatic heterocycles. The van der Waals surface area contributed by atoms with Crippen LogP contribution in [-0.4, -0.2) is 41.8 Å². The summed E-state index contributed by atoms with van der Waals surface area (Å²) >= 11 is 6.25. The molecule has 0 spiro atoms. The van der Waals surface area contributed by atoms with Gasteiger partial charge < -0.3 is 14.6 Å². The minimum absolute atomic E-state index is 0.225. The second-order valence-electron chi connectivity index (χ2n) is 6.76. The zero-order valence-corrected chi connectivity index (χ0v) is 17.0. The van der Waals surface area contributed by atoms with Gasteiger partial charge in [-0.3, -0.25) is 9.69 Å². The van der Waals surface area contributed by atoms with E-state index in [-0.39, 0.29) is 6.04 Å². The third-order valence-corrected chi connectivity index (χ3v) is 5.19. The van der Waals surface area contributed by atoms with Crippen LogP contribution < -0.4 is 9.47 Å². The van der Waals surface area contributed by atoms with Crippen molar-refractivity contribution in [3.8, 4) is 11.5 Å². The number of halogens is 1. The van der Waals surface area contributed by atoms with Crippen LogP contribution in [0.2, 0.25) is 5.02 Å². The van der Waals surface area contributed by atoms with Crippen LogP contribution in [0.1, 0.15) is 43.9 Å². The Balaban J connectivity index is 2.08. The molecule has 0 bridgehead atoms. The van der Waals surface area contributed by atoms with Crippen LogP contribution in [0.15, 0.2) is 42.5 Å². The first kappa shape index (κ1) is 20.5.